The third kappa shape index (κ3) is 5.14. The van der Waals surface area contributed by atoms with Gasteiger partial charge >= 0.3 is 0 Å². The zero-order valence-electron chi connectivity index (χ0n) is 18.8. The largest absolute Gasteiger partial charge is 0.497 e. The van der Waals surface area contributed by atoms with Crippen molar-refractivity contribution in [3.8, 4) is 5.75 Å². The van der Waals surface area contributed by atoms with Gasteiger partial charge in [0.05, 0.1) is 18.8 Å². The summed E-state index contributed by atoms with van der Waals surface area (Å²) < 4.78 is 10.9. The summed E-state index contributed by atoms with van der Waals surface area (Å²) in [5.41, 5.74) is 4.18. The highest BCUT2D eigenvalue weighted by Crippen LogP contribution is 2.33. The minimum Gasteiger partial charge on any atom is -0.497 e. The van der Waals surface area contributed by atoms with E-state index in [4.69, 9.17) is 9.47 Å². The lowest BCUT2D eigenvalue weighted by Crippen LogP contribution is -2.34. The first kappa shape index (κ1) is 22.6. The van der Waals surface area contributed by atoms with Crippen LogP contribution in [0.5, 0.6) is 5.75 Å². The van der Waals surface area contributed by atoms with Crippen molar-refractivity contribution < 1.29 is 19.1 Å². The number of imide groups is 1. The number of ether oxygens (including phenoxy) is 2. The van der Waals surface area contributed by atoms with Gasteiger partial charge in [0.1, 0.15) is 11.4 Å². The summed E-state index contributed by atoms with van der Waals surface area (Å²) in [6.07, 6.45) is 0.696. The summed E-state index contributed by atoms with van der Waals surface area (Å²) in [6.45, 7) is 8.68. The van der Waals surface area contributed by atoms with Gasteiger partial charge in [0.2, 0.25) is 0 Å². The summed E-state index contributed by atoms with van der Waals surface area (Å²) in [5.74, 6) is 0.0531. The molecule has 2 aromatic carbocycles. The van der Waals surface area contributed by atoms with Crippen LogP contribution in [-0.4, -0.2) is 43.1 Å². The second-order valence-electron chi connectivity index (χ2n) is 7.96. The van der Waals surface area contributed by atoms with Gasteiger partial charge in [0.25, 0.3) is 11.8 Å². The predicted octanol–water partition coefficient (Wildman–Crippen LogP) is 4.32. The summed E-state index contributed by atoms with van der Waals surface area (Å²) >= 11 is 0. The molecular weight excluding hydrogens is 392 g/mol. The Morgan fingerprint density at radius 1 is 1.03 bits per heavy atom. The van der Waals surface area contributed by atoms with Crippen LogP contribution in [0, 0.1) is 13.8 Å². The molecule has 164 valence electrons. The smallest absolute Gasteiger partial charge is 0.278 e. The van der Waals surface area contributed by atoms with Crippen molar-refractivity contribution >= 4 is 23.1 Å². The Bertz CT molecular complexity index is 1010. The van der Waals surface area contributed by atoms with Crippen molar-refractivity contribution in [3.63, 3.8) is 0 Å². The minimum absolute atomic E-state index is 0.110. The van der Waals surface area contributed by atoms with Gasteiger partial charge in [-0.05, 0) is 57.4 Å². The Labute approximate surface area is 183 Å². The SMILES string of the molecule is COc1cccc(NC2=C(c3ccc(C)cc3C)C(=O)N(CCCOC(C)C)C2=O)c1. The fraction of sp³-hybridized carbons (Fsp3) is 0.360. The number of hydrogen-bond acceptors (Lipinski definition) is 5. The predicted molar refractivity (Wildman–Crippen MR) is 122 cm³/mol. The first-order chi connectivity index (χ1) is 14.8. The van der Waals surface area contributed by atoms with Crippen molar-refractivity contribution in [3.05, 3.63) is 64.9 Å². The molecule has 0 bridgehead atoms. The number of carbonyl (C=O) groups is 2. The highest BCUT2D eigenvalue weighted by atomic mass is 16.5. The molecule has 1 aliphatic heterocycles. The molecule has 0 atom stereocenters. The highest BCUT2D eigenvalue weighted by molar-refractivity contribution is 6.36. The second-order valence-corrected chi connectivity index (χ2v) is 7.96. The number of anilines is 1. The van der Waals surface area contributed by atoms with Crippen molar-refractivity contribution in [1.29, 1.82) is 0 Å². The molecule has 0 fully saturated rings. The molecule has 31 heavy (non-hydrogen) atoms. The van der Waals surface area contributed by atoms with Crippen LogP contribution < -0.4 is 10.1 Å². The average Bonchev–Trinajstić information content (AvgIpc) is 2.95. The van der Waals surface area contributed by atoms with E-state index < -0.39 is 0 Å². The monoisotopic (exact) mass is 422 g/mol. The second kappa shape index (κ2) is 9.79. The van der Waals surface area contributed by atoms with Gasteiger partial charge in [-0.1, -0.05) is 29.8 Å². The van der Waals surface area contributed by atoms with Crippen molar-refractivity contribution in [2.45, 2.75) is 40.2 Å². The van der Waals surface area contributed by atoms with Crippen LogP contribution in [0.4, 0.5) is 5.69 Å². The molecule has 2 amide bonds. The number of benzene rings is 2. The number of nitrogens with one attached hydrogen (secondary N) is 1. The molecule has 2 aromatic rings. The van der Waals surface area contributed by atoms with E-state index in [1.54, 1.807) is 13.2 Å². The molecule has 1 N–H and O–H groups in total. The highest BCUT2D eigenvalue weighted by Gasteiger charge is 2.39. The van der Waals surface area contributed by atoms with Crippen LogP contribution in [0.15, 0.2) is 48.2 Å². The first-order valence-electron chi connectivity index (χ1n) is 10.5. The molecule has 1 aliphatic rings. The van der Waals surface area contributed by atoms with E-state index in [1.165, 1.54) is 4.90 Å². The van der Waals surface area contributed by atoms with Gasteiger partial charge in [-0.15, -0.1) is 0 Å². The molecule has 0 spiro atoms. The van der Waals surface area contributed by atoms with Crippen molar-refractivity contribution in [2.75, 3.05) is 25.6 Å². The van der Waals surface area contributed by atoms with Crippen LogP contribution >= 0.6 is 0 Å². The molecule has 0 saturated heterocycles. The fourth-order valence-corrected chi connectivity index (χ4v) is 3.63. The fourth-order valence-electron chi connectivity index (χ4n) is 3.63. The van der Waals surface area contributed by atoms with Crippen LogP contribution in [0.3, 0.4) is 0 Å². The van der Waals surface area contributed by atoms with E-state index in [9.17, 15) is 9.59 Å². The third-order valence-corrected chi connectivity index (χ3v) is 5.14. The number of rotatable bonds is 9. The van der Waals surface area contributed by atoms with Crippen molar-refractivity contribution in [2.24, 2.45) is 0 Å². The quantitative estimate of drug-likeness (QED) is 0.482. The maximum absolute atomic E-state index is 13.3. The Balaban J connectivity index is 1.95. The Hall–Kier alpha value is -3.12. The normalized spacial score (nSPS) is 14.1. The molecule has 3 rings (SSSR count). The van der Waals surface area contributed by atoms with Crippen LogP contribution in [-0.2, 0) is 14.3 Å². The number of hydrogen-bond donors (Lipinski definition) is 1. The summed E-state index contributed by atoms with van der Waals surface area (Å²) in [4.78, 5) is 27.9. The van der Waals surface area contributed by atoms with Gasteiger partial charge in [0, 0.05) is 24.9 Å². The topological polar surface area (TPSA) is 67.9 Å². The van der Waals surface area contributed by atoms with Gasteiger partial charge in [0.15, 0.2) is 0 Å². The lowest BCUT2D eigenvalue weighted by molar-refractivity contribution is -0.137. The standard InChI is InChI=1S/C25H30N2O4/c1-16(2)31-13-7-12-27-24(28)22(21-11-10-17(3)14-18(21)4)23(25(27)29)26-19-8-6-9-20(15-19)30-5/h6,8-11,14-16,26H,7,12-13H2,1-5H3. The lowest BCUT2D eigenvalue weighted by Gasteiger charge is -2.16. The zero-order chi connectivity index (χ0) is 22.5. The van der Waals surface area contributed by atoms with E-state index in [0.29, 0.717) is 36.6 Å². The molecule has 0 aliphatic carbocycles. The molecule has 1 heterocycles. The number of methoxy groups -OCH3 is 1. The van der Waals surface area contributed by atoms with Crippen LogP contribution in [0.2, 0.25) is 0 Å². The van der Waals surface area contributed by atoms with Gasteiger partial charge < -0.3 is 14.8 Å². The molecule has 6 nitrogen and oxygen atoms in total. The van der Waals surface area contributed by atoms with Gasteiger partial charge in [-0.2, -0.15) is 0 Å². The maximum Gasteiger partial charge on any atom is 0.278 e. The Morgan fingerprint density at radius 2 is 1.81 bits per heavy atom. The molecular formula is C25H30N2O4. The zero-order valence-corrected chi connectivity index (χ0v) is 18.8. The van der Waals surface area contributed by atoms with Crippen molar-refractivity contribution in [1.82, 2.24) is 4.90 Å². The van der Waals surface area contributed by atoms with Gasteiger partial charge in [-0.25, -0.2) is 0 Å². The van der Waals surface area contributed by atoms with E-state index in [2.05, 4.69) is 5.32 Å². The first-order valence-corrected chi connectivity index (χ1v) is 10.5. The molecule has 0 aromatic heterocycles. The van der Waals surface area contributed by atoms with E-state index in [1.807, 2.05) is 64.1 Å². The third-order valence-electron chi connectivity index (χ3n) is 5.14. The number of aryl methyl sites for hydroxylation is 2. The molecule has 6 heteroatoms. The molecule has 0 radical (unpaired) electrons. The van der Waals surface area contributed by atoms with Crippen LogP contribution in [0.1, 0.15) is 37.0 Å². The number of amides is 2. The Morgan fingerprint density at radius 3 is 2.48 bits per heavy atom. The Kier molecular flexibility index (Phi) is 7.13. The van der Waals surface area contributed by atoms with Crippen LogP contribution in [0.25, 0.3) is 5.57 Å². The van der Waals surface area contributed by atoms with E-state index >= 15 is 0 Å². The minimum atomic E-state index is -0.327. The summed E-state index contributed by atoms with van der Waals surface area (Å²) in [7, 11) is 1.59. The van der Waals surface area contributed by atoms with E-state index in [-0.39, 0.29) is 23.6 Å². The lowest BCUT2D eigenvalue weighted by atomic mass is 9.97. The molecule has 0 unspecified atom stereocenters. The average molecular weight is 423 g/mol. The summed E-state index contributed by atoms with van der Waals surface area (Å²) in [5, 5.41) is 3.18. The maximum atomic E-state index is 13.3. The summed E-state index contributed by atoms with van der Waals surface area (Å²) in [6, 6.07) is 13.2. The van der Waals surface area contributed by atoms with Gasteiger partial charge in [-0.3, -0.25) is 14.5 Å². The van der Waals surface area contributed by atoms with E-state index in [0.717, 1.165) is 16.7 Å². The number of carbonyl (C=O) groups excluding carboxylic acids is 2. The number of nitrogens with zero attached hydrogens (tertiary/aromatic N) is 1. The molecule has 0 saturated carbocycles.